The van der Waals surface area contributed by atoms with Gasteiger partial charge in [0.15, 0.2) is 0 Å². The summed E-state index contributed by atoms with van der Waals surface area (Å²) in [5.74, 6) is 0. The first-order valence-corrected chi connectivity index (χ1v) is 6.94. The van der Waals surface area contributed by atoms with Gasteiger partial charge in [-0.3, -0.25) is 4.90 Å². The standard InChI is InChI=1S/C15H25NO2/c1-3-8-16-9-6-14-15(12-16,7-5-11-18-14)13-17-10-4-2/h3-4,14H,1-2,5-13H2/t14-,15+/m1/s1. The minimum absolute atomic E-state index is 0.183. The molecule has 2 aliphatic heterocycles. The van der Waals surface area contributed by atoms with Crippen LogP contribution in [0.15, 0.2) is 25.3 Å². The van der Waals surface area contributed by atoms with Crippen LogP contribution < -0.4 is 0 Å². The van der Waals surface area contributed by atoms with Crippen molar-refractivity contribution in [2.24, 2.45) is 5.41 Å². The van der Waals surface area contributed by atoms with Gasteiger partial charge in [-0.05, 0) is 19.3 Å². The normalized spacial score (nSPS) is 32.8. The minimum Gasteiger partial charge on any atom is -0.377 e. The molecule has 0 N–H and O–H groups in total. The molecule has 0 aromatic heterocycles. The summed E-state index contributed by atoms with van der Waals surface area (Å²) in [4.78, 5) is 2.47. The van der Waals surface area contributed by atoms with E-state index < -0.39 is 0 Å². The number of piperidine rings is 1. The van der Waals surface area contributed by atoms with E-state index in [2.05, 4.69) is 18.1 Å². The number of hydrogen-bond acceptors (Lipinski definition) is 3. The molecule has 2 rings (SSSR count). The largest absolute Gasteiger partial charge is 0.377 e. The Hall–Kier alpha value is -0.640. The Morgan fingerprint density at radius 2 is 2.28 bits per heavy atom. The second-order valence-electron chi connectivity index (χ2n) is 5.44. The number of likely N-dealkylation sites (tertiary alicyclic amines) is 1. The summed E-state index contributed by atoms with van der Waals surface area (Å²) in [5, 5.41) is 0. The van der Waals surface area contributed by atoms with E-state index in [0.29, 0.717) is 12.7 Å². The quantitative estimate of drug-likeness (QED) is 0.534. The maximum atomic E-state index is 5.98. The van der Waals surface area contributed by atoms with Gasteiger partial charge in [-0.1, -0.05) is 12.2 Å². The zero-order valence-electron chi connectivity index (χ0n) is 11.3. The summed E-state index contributed by atoms with van der Waals surface area (Å²) >= 11 is 0. The molecule has 102 valence electrons. The third kappa shape index (κ3) is 3.02. The van der Waals surface area contributed by atoms with Gasteiger partial charge < -0.3 is 9.47 Å². The van der Waals surface area contributed by atoms with E-state index >= 15 is 0 Å². The zero-order chi connectivity index (χ0) is 12.8. The van der Waals surface area contributed by atoms with Gasteiger partial charge in [0, 0.05) is 31.7 Å². The van der Waals surface area contributed by atoms with Gasteiger partial charge in [-0.15, -0.1) is 13.2 Å². The first-order chi connectivity index (χ1) is 8.80. The highest BCUT2D eigenvalue weighted by molar-refractivity contribution is 4.97. The van der Waals surface area contributed by atoms with Crippen molar-refractivity contribution >= 4 is 0 Å². The Labute approximate surface area is 110 Å². The fraction of sp³-hybridized carbons (Fsp3) is 0.733. The van der Waals surface area contributed by atoms with E-state index in [1.54, 1.807) is 0 Å². The van der Waals surface area contributed by atoms with Crippen LogP contribution in [0, 0.1) is 5.41 Å². The predicted molar refractivity (Wildman–Crippen MR) is 73.7 cm³/mol. The Morgan fingerprint density at radius 1 is 1.39 bits per heavy atom. The molecule has 0 unspecified atom stereocenters. The second-order valence-corrected chi connectivity index (χ2v) is 5.44. The lowest BCUT2D eigenvalue weighted by Gasteiger charge is -2.50. The SMILES string of the molecule is C=CCOC[C@@]12CCCO[C@@H]1CCN(CC=C)C2. The van der Waals surface area contributed by atoms with E-state index in [4.69, 9.17) is 9.47 Å². The zero-order valence-corrected chi connectivity index (χ0v) is 11.3. The summed E-state index contributed by atoms with van der Waals surface area (Å²) in [6.45, 7) is 13.0. The summed E-state index contributed by atoms with van der Waals surface area (Å²) in [6, 6.07) is 0. The fourth-order valence-electron chi connectivity index (χ4n) is 3.28. The first kappa shape index (κ1) is 13.8. The molecular weight excluding hydrogens is 226 g/mol. The molecule has 0 radical (unpaired) electrons. The van der Waals surface area contributed by atoms with Gasteiger partial charge in [0.05, 0.1) is 19.3 Å². The third-order valence-corrected chi connectivity index (χ3v) is 4.08. The van der Waals surface area contributed by atoms with Gasteiger partial charge in [0.2, 0.25) is 0 Å². The predicted octanol–water partition coefficient (Wildman–Crippen LogP) is 2.25. The lowest BCUT2D eigenvalue weighted by molar-refractivity contribution is -0.149. The van der Waals surface area contributed by atoms with Crippen LogP contribution in [0.1, 0.15) is 19.3 Å². The van der Waals surface area contributed by atoms with Crippen LogP contribution in [-0.2, 0) is 9.47 Å². The Balaban J connectivity index is 2.01. The van der Waals surface area contributed by atoms with E-state index in [1.165, 1.54) is 6.42 Å². The lowest BCUT2D eigenvalue weighted by atomic mass is 9.73. The van der Waals surface area contributed by atoms with Crippen LogP contribution >= 0.6 is 0 Å². The molecule has 2 saturated heterocycles. The van der Waals surface area contributed by atoms with Crippen molar-refractivity contribution in [3.63, 3.8) is 0 Å². The summed E-state index contributed by atoms with van der Waals surface area (Å²) in [5.41, 5.74) is 0.183. The van der Waals surface area contributed by atoms with Crippen molar-refractivity contribution in [3.05, 3.63) is 25.3 Å². The fourth-order valence-corrected chi connectivity index (χ4v) is 3.28. The highest BCUT2D eigenvalue weighted by Crippen LogP contribution is 2.40. The molecule has 0 amide bonds. The average Bonchev–Trinajstić information content (AvgIpc) is 2.39. The van der Waals surface area contributed by atoms with Crippen LogP contribution in [0.25, 0.3) is 0 Å². The molecule has 0 aliphatic carbocycles. The third-order valence-electron chi connectivity index (χ3n) is 4.08. The smallest absolute Gasteiger partial charge is 0.0677 e. The molecule has 2 fully saturated rings. The molecule has 18 heavy (non-hydrogen) atoms. The second kappa shape index (κ2) is 6.50. The minimum atomic E-state index is 0.183. The average molecular weight is 251 g/mol. The van der Waals surface area contributed by atoms with Crippen molar-refractivity contribution < 1.29 is 9.47 Å². The van der Waals surface area contributed by atoms with Crippen LogP contribution in [-0.4, -0.2) is 50.5 Å². The van der Waals surface area contributed by atoms with Crippen molar-refractivity contribution in [3.8, 4) is 0 Å². The van der Waals surface area contributed by atoms with Crippen molar-refractivity contribution in [2.45, 2.75) is 25.4 Å². The first-order valence-electron chi connectivity index (χ1n) is 6.94. The molecule has 3 nitrogen and oxygen atoms in total. The van der Waals surface area contributed by atoms with Gasteiger partial charge in [-0.2, -0.15) is 0 Å². The molecule has 0 saturated carbocycles. The summed E-state index contributed by atoms with van der Waals surface area (Å²) < 4.78 is 11.7. The molecule has 0 spiro atoms. The van der Waals surface area contributed by atoms with Gasteiger partial charge >= 0.3 is 0 Å². The van der Waals surface area contributed by atoms with Crippen LogP contribution in [0.2, 0.25) is 0 Å². The number of hydrogen-bond donors (Lipinski definition) is 0. The van der Waals surface area contributed by atoms with Crippen LogP contribution in [0.5, 0.6) is 0 Å². The highest BCUT2D eigenvalue weighted by Gasteiger charge is 2.45. The van der Waals surface area contributed by atoms with Crippen molar-refractivity contribution in [1.82, 2.24) is 4.90 Å². The molecule has 2 heterocycles. The van der Waals surface area contributed by atoms with Crippen molar-refractivity contribution in [1.29, 1.82) is 0 Å². The van der Waals surface area contributed by atoms with Crippen LogP contribution in [0.4, 0.5) is 0 Å². The van der Waals surface area contributed by atoms with E-state index in [1.807, 2.05) is 12.2 Å². The maximum Gasteiger partial charge on any atom is 0.0677 e. The molecule has 2 aliphatic rings. The summed E-state index contributed by atoms with van der Waals surface area (Å²) in [7, 11) is 0. The molecule has 2 atom stereocenters. The Morgan fingerprint density at radius 3 is 3.06 bits per heavy atom. The van der Waals surface area contributed by atoms with E-state index in [0.717, 1.165) is 45.7 Å². The number of fused-ring (bicyclic) bond motifs is 1. The van der Waals surface area contributed by atoms with E-state index in [-0.39, 0.29) is 5.41 Å². The van der Waals surface area contributed by atoms with Gasteiger partial charge in [-0.25, -0.2) is 0 Å². The molecule has 0 bridgehead atoms. The van der Waals surface area contributed by atoms with Gasteiger partial charge in [0.1, 0.15) is 0 Å². The number of ether oxygens (including phenoxy) is 2. The Bertz CT molecular complexity index is 292. The number of nitrogens with zero attached hydrogens (tertiary/aromatic N) is 1. The highest BCUT2D eigenvalue weighted by atomic mass is 16.5. The molecular formula is C15H25NO2. The summed E-state index contributed by atoms with van der Waals surface area (Å²) in [6.07, 6.45) is 7.66. The molecule has 3 heteroatoms. The van der Waals surface area contributed by atoms with Gasteiger partial charge in [0.25, 0.3) is 0 Å². The topological polar surface area (TPSA) is 21.7 Å². The van der Waals surface area contributed by atoms with Crippen LogP contribution in [0.3, 0.4) is 0 Å². The maximum absolute atomic E-state index is 5.98. The van der Waals surface area contributed by atoms with E-state index in [9.17, 15) is 0 Å². The van der Waals surface area contributed by atoms with Crippen molar-refractivity contribution in [2.75, 3.05) is 39.5 Å². The lowest BCUT2D eigenvalue weighted by Crippen LogP contribution is -2.56. The molecule has 0 aromatic carbocycles. The molecule has 0 aromatic rings. The monoisotopic (exact) mass is 251 g/mol. The Kier molecular flexibility index (Phi) is 4.98. The number of rotatable bonds is 6.